The molecule has 0 spiro atoms. The topological polar surface area (TPSA) is 44.8 Å². The summed E-state index contributed by atoms with van der Waals surface area (Å²) in [4.78, 5) is 11.0. The Bertz CT molecular complexity index is 467. The molecule has 4 nitrogen and oxygen atoms in total. The lowest BCUT2D eigenvalue weighted by Gasteiger charge is -2.28. The van der Waals surface area contributed by atoms with Crippen molar-refractivity contribution in [2.45, 2.75) is 32.5 Å². The SMILES string of the molecule is CC(=O)O[C@@H]1CC=CO[C@@H]1COc1ccccc1C. The van der Waals surface area contributed by atoms with Gasteiger partial charge < -0.3 is 14.2 Å². The number of carbonyl (C=O) groups is 1. The fourth-order valence-corrected chi connectivity index (χ4v) is 1.96. The lowest BCUT2D eigenvalue weighted by atomic mass is 10.1. The van der Waals surface area contributed by atoms with Gasteiger partial charge >= 0.3 is 5.97 Å². The van der Waals surface area contributed by atoms with E-state index in [1.807, 2.05) is 37.3 Å². The Balaban J connectivity index is 1.95. The lowest BCUT2D eigenvalue weighted by Crippen LogP contribution is -2.38. The van der Waals surface area contributed by atoms with Gasteiger partial charge in [0.05, 0.1) is 6.26 Å². The largest absolute Gasteiger partial charge is 0.491 e. The molecule has 0 saturated heterocycles. The van der Waals surface area contributed by atoms with Crippen LogP contribution in [0.25, 0.3) is 0 Å². The minimum atomic E-state index is -0.301. The molecule has 4 heteroatoms. The Labute approximate surface area is 113 Å². The van der Waals surface area contributed by atoms with Crippen LogP contribution in [0.15, 0.2) is 36.6 Å². The number of aryl methyl sites for hydroxylation is 1. The molecule has 1 aliphatic rings. The highest BCUT2D eigenvalue weighted by molar-refractivity contribution is 5.66. The van der Waals surface area contributed by atoms with Crippen LogP contribution >= 0.6 is 0 Å². The van der Waals surface area contributed by atoms with Crippen molar-refractivity contribution in [2.75, 3.05) is 6.61 Å². The van der Waals surface area contributed by atoms with Crippen molar-refractivity contribution < 1.29 is 19.0 Å². The summed E-state index contributed by atoms with van der Waals surface area (Å²) in [5.41, 5.74) is 1.07. The smallest absolute Gasteiger partial charge is 0.303 e. The Morgan fingerprint density at radius 1 is 1.42 bits per heavy atom. The van der Waals surface area contributed by atoms with Crippen molar-refractivity contribution in [3.8, 4) is 5.75 Å². The van der Waals surface area contributed by atoms with Crippen LogP contribution in [0.1, 0.15) is 18.9 Å². The second-order valence-electron chi connectivity index (χ2n) is 4.51. The van der Waals surface area contributed by atoms with E-state index in [1.165, 1.54) is 6.92 Å². The van der Waals surface area contributed by atoms with Gasteiger partial charge in [0.2, 0.25) is 0 Å². The highest BCUT2D eigenvalue weighted by Crippen LogP contribution is 2.20. The van der Waals surface area contributed by atoms with Crippen molar-refractivity contribution >= 4 is 5.97 Å². The molecule has 0 saturated carbocycles. The van der Waals surface area contributed by atoms with Gasteiger partial charge in [-0.1, -0.05) is 18.2 Å². The van der Waals surface area contributed by atoms with Crippen LogP contribution in [-0.4, -0.2) is 24.8 Å². The van der Waals surface area contributed by atoms with Gasteiger partial charge in [0.15, 0.2) is 6.10 Å². The van der Waals surface area contributed by atoms with Crippen molar-refractivity contribution in [1.29, 1.82) is 0 Å². The third-order valence-corrected chi connectivity index (χ3v) is 2.95. The molecule has 0 fully saturated rings. The predicted molar refractivity (Wildman–Crippen MR) is 70.9 cm³/mol. The van der Waals surface area contributed by atoms with Gasteiger partial charge in [0.1, 0.15) is 18.5 Å². The number of para-hydroxylation sites is 1. The molecule has 1 aromatic rings. The zero-order valence-electron chi connectivity index (χ0n) is 11.2. The zero-order valence-corrected chi connectivity index (χ0v) is 11.2. The molecule has 1 aromatic carbocycles. The van der Waals surface area contributed by atoms with E-state index in [1.54, 1.807) is 6.26 Å². The molecule has 19 heavy (non-hydrogen) atoms. The van der Waals surface area contributed by atoms with E-state index in [2.05, 4.69) is 0 Å². The van der Waals surface area contributed by atoms with E-state index in [9.17, 15) is 4.79 Å². The maximum Gasteiger partial charge on any atom is 0.303 e. The zero-order chi connectivity index (χ0) is 13.7. The normalized spacial score (nSPS) is 21.6. The molecule has 0 radical (unpaired) electrons. The highest BCUT2D eigenvalue weighted by Gasteiger charge is 2.27. The van der Waals surface area contributed by atoms with Crippen LogP contribution in [0, 0.1) is 6.92 Å². The monoisotopic (exact) mass is 262 g/mol. The van der Waals surface area contributed by atoms with E-state index in [4.69, 9.17) is 14.2 Å². The standard InChI is InChI=1S/C15H18O4/c1-11-6-3-4-7-13(11)18-10-15-14(19-12(2)16)8-5-9-17-15/h3-7,9,14-15H,8,10H2,1-2H3/t14-,15-/m1/s1. The summed E-state index contributed by atoms with van der Waals surface area (Å²) in [6, 6.07) is 7.78. The quantitative estimate of drug-likeness (QED) is 0.782. The molecular formula is C15H18O4. The van der Waals surface area contributed by atoms with Crippen LogP contribution in [0.2, 0.25) is 0 Å². The van der Waals surface area contributed by atoms with Crippen LogP contribution in [-0.2, 0) is 14.3 Å². The first-order valence-corrected chi connectivity index (χ1v) is 6.33. The number of hydrogen-bond acceptors (Lipinski definition) is 4. The molecule has 2 atom stereocenters. The van der Waals surface area contributed by atoms with Crippen LogP contribution < -0.4 is 4.74 Å². The molecule has 0 unspecified atom stereocenters. The number of rotatable bonds is 4. The first kappa shape index (κ1) is 13.5. The summed E-state index contributed by atoms with van der Waals surface area (Å²) in [5, 5.41) is 0. The number of hydrogen-bond donors (Lipinski definition) is 0. The third-order valence-electron chi connectivity index (χ3n) is 2.95. The van der Waals surface area contributed by atoms with Gasteiger partial charge in [-0.3, -0.25) is 4.79 Å². The van der Waals surface area contributed by atoms with E-state index < -0.39 is 0 Å². The summed E-state index contributed by atoms with van der Waals surface area (Å²) >= 11 is 0. The molecule has 1 aliphatic heterocycles. The third kappa shape index (κ3) is 3.74. The molecular weight excluding hydrogens is 244 g/mol. The highest BCUT2D eigenvalue weighted by atomic mass is 16.6. The minimum Gasteiger partial charge on any atom is -0.491 e. The minimum absolute atomic E-state index is 0.270. The Kier molecular flexibility index (Phi) is 4.44. The number of esters is 1. The molecule has 0 N–H and O–H groups in total. The maximum absolute atomic E-state index is 11.0. The van der Waals surface area contributed by atoms with E-state index in [-0.39, 0.29) is 18.2 Å². The molecule has 0 bridgehead atoms. The Morgan fingerprint density at radius 2 is 2.21 bits per heavy atom. The first-order valence-electron chi connectivity index (χ1n) is 6.33. The predicted octanol–water partition coefficient (Wildman–Crippen LogP) is 2.61. The van der Waals surface area contributed by atoms with Gasteiger partial charge in [-0.05, 0) is 24.6 Å². The first-order chi connectivity index (χ1) is 9.16. The summed E-state index contributed by atoms with van der Waals surface area (Å²) in [5.74, 6) is 0.520. The summed E-state index contributed by atoms with van der Waals surface area (Å²) in [7, 11) is 0. The van der Waals surface area contributed by atoms with Crippen molar-refractivity contribution in [3.63, 3.8) is 0 Å². The molecule has 2 rings (SSSR count). The van der Waals surface area contributed by atoms with Gasteiger partial charge in [0, 0.05) is 13.3 Å². The lowest BCUT2D eigenvalue weighted by molar-refractivity contribution is -0.154. The molecule has 0 amide bonds. The summed E-state index contributed by atoms with van der Waals surface area (Å²) < 4.78 is 16.4. The van der Waals surface area contributed by atoms with E-state index in [0.717, 1.165) is 11.3 Å². The number of benzene rings is 1. The van der Waals surface area contributed by atoms with Crippen LogP contribution in [0.3, 0.4) is 0 Å². The maximum atomic E-state index is 11.0. The molecule has 0 aromatic heterocycles. The molecule has 102 valence electrons. The summed E-state index contributed by atoms with van der Waals surface area (Å²) in [6.07, 6.45) is 3.57. The van der Waals surface area contributed by atoms with Crippen molar-refractivity contribution in [3.05, 3.63) is 42.2 Å². The molecule has 1 heterocycles. The van der Waals surface area contributed by atoms with E-state index >= 15 is 0 Å². The number of carbonyl (C=O) groups excluding carboxylic acids is 1. The average molecular weight is 262 g/mol. The van der Waals surface area contributed by atoms with Gasteiger partial charge in [0.25, 0.3) is 0 Å². The van der Waals surface area contributed by atoms with Crippen molar-refractivity contribution in [2.24, 2.45) is 0 Å². The van der Waals surface area contributed by atoms with Gasteiger partial charge in [-0.2, -0.15) is 0 Å². The Morgan fingerprint density at radius 3 is 2.95 bits per heavy atom. The number of ether oxygens (including phenoxy) is 3. The molecule has 0 aliphatic carbocycles. The van der Waals surface area contributed by atoms with Gasteiger partial charge in [-0.15, -0.1) is 0 Å². The van der Waals surface area contributed by atoms with Crippen LogP contribution in [0.5, 0.6) is 5.75 Å². The fraction of sp³-hybridized carbons (Fsp3) is 0.400. The summed E-state index contributed by atoms with van der Waals surface area (Å²) in [6.45, 7) is 3.74. The van der Waals surface area contributed by atoms with Crippen LogP contribution in [0.4, 0.5) is 0 Å². The average Bonchev–Trinajstić information content (AvgIpc) is 2.39. The van der Waals surface area contributed by atoms with Gasteiger partial charge in [-0.25, -0.2) is 0 Å². The van der Waals surface area contributed by atoms with Crippen molar-refractivity contribution in [1.82, 2.24) is 0 Å². The second-order valence-corrected chi connectivity index (χ2v) is 4.51. The fourth-order valence-electron chi connectivity index (χ4n) is 1.96. The van der Waals surface area contributed by atoms with E-state index in [0.29, 0.717) is 13.0 Å². The second kappa shape index (κ2) is 6.27. The Hall–Kier alpha value is -1.97.